The van der Waals surface area contributed by atoms with Gasteiger partial charge in [-0.1, -0.05) is 54.6 Å². The van der Waals surface area contributed by atoms with Crippen molar-refractivity contribution in [2.75, 3.05) is 7.05 Å². The van der Waals surface area contributed by atoms with Crippen molar-refractivity contribution in [2.24, 2.45) is 0 Å². The average molecular weight is 433 g/mol. The Labute approximate surface area is 178 Å². The standard InChI is InChI=1S/C22H24N2O3S.ClH/c1-23-28(25,26)17-20-10-6-5-9-19(20)16-24-15-18-8-7-13-22(14-18)27-21-11-3-2-4-12-21;/h2-14,23-24H,15-17H2,1H3;1H. The number of hydrogen-bond donors (Lipinski definition) is 2. The minimum Gasteiger partial charge on any atom is -0.457 e. The zero-order valence-corrected chi connectivity index (χ0v) is 17.8. The van der Waals surface area contributed by atoms with Crippen molar-refractivity contribution in [1.29, 1.82) is 0 Å². The highest BCUT2D eigenvalue weighted by atomic mass is 35.5. The Hall–Kier alpha value is -2.38. The lowest BCUT2D eigenvalue weighted by Gasteiger charge is -2.12. The molecule has 0 amide bonds. The molecule has 0 radical (unpaired) electrons. The molecule has 0 aliphatic carbocycles. The molecule has 0 bridgehead atoms. The topological polar surface area (TPSA) is 67.4 Å². The molecule has 0 saturated carbocycles. The number of sulfonamides is 1. The van der Waals surface area contributed by atoms with Crippen LogP contribution in [0.4, 0.5) is 0 Å². The number of benzene rings is 3. The van der Waals surface area contributed by atoms with Crippen LogP contribution in [0, 0.1) is 0 Å². The lowest BCUT2D eigenvalue weighted by Crippen LogP contribution is -2.22. The highest BCUT2D eigenvalue weighted by Crippen LogP contribution is 2.22. The van der Waals surface area contributed by atoms with Gasteiger partial charge < -0.3 is 10.1 Å². The summed E-state index contributed by atoms with van der Waals surface area (Å²) in [6.45, 7) is 1.23. The second-order valence-electron chi connectivity index (χ2n) is 6.40. The first-order valence-corrected chi connectivity index (χ1v) is 10.7. The third kappa shape index (κ3) is 7.18. The fraction of sp³-hybridized carbons (Fsp3) is 0.182. The number of hydrogen-bond acceptors (Lipinski definition) is 4. The highest BCUT2D eigenvalue weighted by molar-refractivity contribution is 7.88. The molecule has 7 heteroatoms. The van der Waals surface area contributed by atoms with Crippen molar-refractivity contribution in [1.82, 2.24) is 10.0 Å². The molecule has 5 nitrogen and oxygen atoms in total. The van der Waals surface area contributed by atoms with Crippen LogP contribution in [0.1, 0.15) is 16.7 Å². The monoisotopic (exact) mass is 432 g/mol. The molecule has 0 heterocycles. The van der Waals surface area contributed by atoms with Gasteiger partial charge in [-0.2, -0.15) is 0 Å². The summed E-state index contributed by atoms with van der Waals surface area (Å²) in [5, 5.41) is 3.38. The first-order chi connectivity index (χ1) is 13.6. The summed E-state index contributed by atoms with van der Waals surface area (Å²) in [5.41, 5.74) is 2.86. The molecule has 0 aliphatic rings. The molecule has 0 atom stereocenters. The van der Waals surface area contributed by atoms with E-state index < -0.39 is 10.0 Å². The van der Waals surface area contributed by atoms with E-state index in [9.17, 15) is 8.42 Å². The van der Waals surface area contributed by atoms with Gasteiger partial charge in [0.1, 0.15) is 11.5 Å². The summed E-state index contributed by atoms with van der Waals surface area (Å²) in [5.74, 6) is 1.56. The smallest absolute Gasteiger partial charge is 0.215 e. The Morgan fingerprint density at radius 2 is 1.45 bits per heavy atom. The third-order valence-corrected chi connectivity index (χ3v) is 5.61. The molecule has 0 fully saturated rings. The highest BCUT2D eigenvalue weighted by Gasteiger charge is 2.11. The summed E-state index contributed by atoms with van der Waals surface area (Å²) in [4.78, 5) is 0. The van der Waals surface area contributed by atoms with E-state index in [1.165, 1.54) is 7.05 Å². The van der Waals surface area contributed by atoms with E-state index in [2.05, 4.69) is 10.0 Å². The van der Waals surface area contributed by atoms with Crippen LogP contribution >= 0.6 is 12.4 Å². The Morgan fingerprint density at radius 3 is 2.17 bits per heavy atom. The first-order valence-electron chi connectivity index (χ1n) is 9.06. The van der Waals surface area contributed by atoms with Gasteiger partial charge >= 0.3 is 0 Å². The molecule has 3 aromatic carbocycles. The molecular formula is C22H25ClN2O3S. The lowest BCUT2D eigenvalue weighted by atomic mass is 10.1. The van der Waals surface area contributed by atoms with Gasteiger partial charge in [-0.3, -0.25) is 0 Å². The number of halogens is 1. The van der Waals surface area contributed by atoms with Crippen molar-refractivity contribution in [2.45, 2.75) is 18.8 Å². The lowest BCUT2D eigenvalue weighted by molar-refractivity contribution is 0.481. The van der Waals surface area contributed by atoms with Gasteiger partial charge in [0.25, 0.3) is 0 Å². The average Bonchev–Trinajstić information content (AvgIpc) is 2.70. The molecule has 0 spiro atoms. The van der Waals surface area contributed by atoms with Gasteiger partial charge in [0.05, 0.1) is 5.75 Å². The SMILES string of the molecule is CNS(=O)(=O)Cc1ccccc1CNCc1cccc(Oc2ccccc2)c1.Cl. The molecule has 3 aromatic rings. The van der Waals surface area contributed by atoms with Crippen molar-refractivity contribution in [3.63, 3.8) is 0 Å². The molecule has 29 heavy (non-hydrogen) atoms. The van der Waals surface area contributed by atoms with Crippen molar-refractivity contribution < 1.29 is 13.2 Å². The molecule has 2 N–H and O–H groups in total. The number of ether oxygens (including phenoxy) is 1. The Bertz CT molecular complexity index is 1010. The second-order valence-corrected chi connectivity index (χ2v) is 8.32. The van der Waals surface area contributed by atoms with Gasteiger partial charge in [0, 0.05) is 13.1 Å². The molecule has 3 rings (SSSR count). The fourth-order valence-corrected chi connectivity index (χ4v) is 3.67. The Morgan fingerprint density at radius 1 is 0.793 bits per heavy atom. The van der Waals surface area contributed by atoms with E-state index in [0.29, 0.717) is 13.1 Å². The van der Waals surface area contributed by atoms with Crippen molar-refractivity contribution >= 4 is 22.4 Å². The molecule has 0 unspecified atom stereocenters. The Kier molecular flexibility index (Phi) is 8.67. The predicted octanol–water partition coefficient (Wildman–Crippen LogP) is 4.24. The van der Waals surface area contributed by atoms with Crippen LogP contribution < -0.4 is 14.8 Å². The van der Waals surface area contributed by atoms with E-state index in [-0.39, 0.29) is 18.2 Å². The maximum atomic E-state index is 11.9. The normalized spacial score (nSPS) is 10.9. The summed E-state index contributed by atoms with van der Waals surface area (Å²) < 4.78 is 31.9. The van der Waals surface area contributed by atoms with E-state index in [1.54, 1.807) is 0 Å². The summed E-state index contributed by atoms with van der Waals surface area (Å²) >= 11 is 0. The van der Waals surface area contributed by atoms with E-state index in [1.807, 2.05) is 78.9 Å². The predicted molar refractivity (Wildman–Crippen MR) is 119 cm³/mol. The van der Waals surface area contributed by atoms with Crippen LogP contribution in [0.2, 0.25) is 0 Å². The van der Waals surface area contributed by atoms with Crippen molar-refractivity contribution in [3.05, 3.63) is 95.6 Å². The Balaban J connectivity index is 0.00000300. The molecule has 154 valence electrons. The van der Waals surface area contributed by atoms with Gasteiger partial charge in [-0.15, -0.1) is 12.4 Å². The zero-order chi connectivity index (χ0) is 19.8. The van der Waals surface area contributed by atoms with Crippen LogP contribution in [0.15, 0.2) is 78.9 Å². The van der Waals surface area contributed by atoms with E-state index in [4.69, 9.17) is 4.74 Å². The number of nitrogens with one attached hydrogen (secondary N) is 2. The van der Waals surface area contributed by atoms with Crippen LogP contribution in [0.5, 0.6) is 11.5 Å². The number of para-hydroxylation sites is 1. The zero-order valence-electron chi connectivity index (χ0n) is 16.2. The van der Waals surface area contributed by atoms with Gasteiger partial charge in [-0.05, 0) is 48.0 Å². The minimum atomic E-state index is -3.30. The van der Waals surface area contributed by atoms with Gasteiger partial charge in [0.15, 0.2) is 0 Å². The molecule has 0 aromatic heterocycles. The minimum absolute atomic E-state index is 0. The number of rotatable bonds is 9. The van der Waals surface area contributed by atoms with Gasteiger partial charge in [-0.25, -0.2) is 13.1 Å². The third-order valence-electron chi connectivity index (χ3n) is 4.30. The molecular weight excluding hydrogens is 408 g/mol. The van der Waals surface area contributed by atoms with Crippen molar-refractivity contribution in [3.8, 4) is 11.5 Å². The summed E-state index contributed by atoms with van der Waals surface area (Å²) in [7, 11) is -1.87. The fourth-order valence-electron chi connectivity index (χ4n) is 2.83. The van der Waals surface area contributed by atoms with Crippen LogP contribution in [-0.2, 0) is 28.9 Å². The van der Waals surface area contributed by atoms with Crippen LogP contribution in [-0.4, -0.2) is 15.5 Å². The quantitative estimate of drug-likeness (QED) is 0.530. The maximum Gasteiger partial charge on any atom is 0.215 e. The molecule has 0 saturated heterocycles. The summed E-state index contributed by atoms with van der Waals surface area (Å²) in [6.07, 6.45) is 0. The first kappa shape index (κ1) is 22.9. The van der Waals surface area contributed by atoms with E-state index in [0.717, 1.165) is 28.2 Å². The van der Waals surface area contributed by atoms with Gasteiger partial charge in [0.2, 0.25) is 10.0 Å². The summed E-state index contributed by atoms with van der Waals surface area (Å²) in [6, 6.07) is 25.1. The van der Waals surface area contributed by atoms with E-state index >= 15 is 0 Å². The van der Waals surface area contributed by atoms with Crippen LogP contribution in [0.25, 0.3) is 0 Å². The second kappa shape index (κ2) is 11.0. The largest absolute Gasteiger partial charge is 0.457 e. The molecule has 0 aliphatic heterocycles. The maximum absolute atomic E-state index is 11.9. The van der Waals surface area contributed by atoms with Crippen LogP contribution in [0.3, 0.4) is 0 Å².